The standard InChI is InChI=1S/C12H8ClFS/c13-11-6-3-9(7-12(11)14)8-1-4-10(15)5-2-8/h1-7,15H. The molecule has 0 fully saturated rings. The molecule has 0 radical (unpaired) electrons. The van der Waals surface area contributed by atoms with Crippen LogP contribution in [0.1, 0.15) is 0 Å². The van der Waals surface area contributed by atoms with Crippen LogP contribution in [0.25, 0.3) is 11.1 Å². The number of thiol groups is 1. The summed E-state index contributed by atoms with van der Waals surface area (Å²) in [5, 5.41) is 0.143. The smallest absolute Gasteiger partial charge is 0.142 e. The van der Waals surface area contributed by atoms with Crippen LogP contribution in [-0.2, 0) is 0 Å². The van der Waals surface area contributed by atoms with Gasteiger partial charge in [0.1, 0.15) is 5.82 Å². The molecule has 0 saturated carbocycles. The maximum Gasteiger partial charge on any atom is 0.142 e. The maximum atomic E-state index is 13.2. The van der Waals surface area contributed by atoms with E-state index in [1.54, 1.807) is 12.1 Å². The molecule has 0 atom stereocenters. The van der Waals surface area contributed by atoms with E-state index in [2.05, 4.69) is 12.6 Å². The van der Waals surface area contributed by atoms with Crippen molar-refractivity contribution in [3.63, 3.8) is 0 Å². The van der Waals surface area contributed by atoms with Crippen molar-refractivity contribution < 1.29 is 4.39 Å². The number of hydrogen-bond donors (Lipinski definition) is 1. The van der Waals surface area contributed by atoms with Crippen molar-refractivity contribution in [2.75, 3.05) is 0 Å². The fraction of sp³-hybridized carbons (Fsp3) is 0. The molecular formula is C12H8ClFS. The average Bonchev–Trinajstić information content (AvgIpc) is 2.23. The molecule has 0 saturated heterocycles. The van der Waals surface area contributed by atoms with Crippen molar-refractivity contribution in [3.05, 3.63) is 53.3 Å². The molecule has 15 heavy (non-hydrogen) atoms. The van der Waals surface area contributed by atoms with Crippen molar-refractivity contribution >= 4 is 24.2 Å². The lowest BCUT2D eigenvalue weighted by atomic mass is 10.1. The van der Waals surface area contributed by atoms with Crippen LogP contribution in [0.4, 0.5) is 4.39 Å². The summed E-state index contributed by atoms with van der Waals surface area (Å²) in [5.41, 5.74) is 1.76. The van der Waals surface area contributed by atoms with Gasteiger partial charge in [0.05, 0.1) is 5.02 Å². The van der Waals surface area contributed by atoms with Gasteiger partial charge in [-0.2, -0.15) is 0 Å². The van der Waals surface area contributed by atoms with Crippen molar-refractivity contribution in [2.45, 2.75) is 4.90 Å². The van der Waals surface area contributed by atoms with Gasteiger partial charge in [-0.1, -0.05) is 29.8 Å². The van der Waals surface area contributed by atoms with Gasteiger partial charge in [-0.15, -0.1) is 12.6 Å². The largest absolute Gasteiger partial charge is 0.205 e. The Hall–Kier alpha value is -0.990. The van der Waals surface area contributed by atoms with E-state index in [-0.39, 0.29) is 5.02 Å². The zero-order valence-electron chi connectivity index (χ0n) is 7.74. The topological polar surface area (TPSA) is 0 Å². The first kappa shape index (κ1) is 10.5. The molecule has 0 unspecified atom stereocenters. The monoisotopic (exact) mass is 238 g/mol. The molecule has 2 aromatic rings. The van der Waals surface area contributed by atoms with Crippen LogP contribution in [0, 0.1) is 5.82 Å². The lowest BCUT2D eigenvalue weighted by Crippen LogP contribution is -1.81. The average molecular weight is 239 g/mol. The predicted octanol–water partition coefficient (Wildman–Crippen LogP) is 4.43. The summed E-state index contributed by atoms with van der Waals surface area (Å²) in [7, 11) is 0. The highest BCUT2D eigenvalue weighted by Crippen LogP contribution is 2.24. The van der Waals surface area contributed by atoms with Gasteiger partial charge in [-0.05, 0) is 35.4 Å². The van der Waals surface area contributed by atoms with E-state index < -0.39 is 5.82 Å². The van der Waals surface area contributed by atoms with E-state index in [0.717, 1.165) is 16.0 Å². The molecule has 0 amide bonds. The van der Waals surface area contributed by atoms with Crippen molar-refractivity contribution in [2.24, 2.45) is 0 Å². The van der Waals surface area contributed by atoms with Gasteiger partial charge < -0.3 is 0 Å². The van der Waals surface area contributed by atoms with Gasteiger partial charge in [0, 0.05) is 4.90 Å². The first-order valence-electron chi connectivity index (χ1n) is 4.41. The normalized spacial score (nSPS) is 10.3. The molecule has 0 aliphatic rings. The molecule has 0 aliphatic heterocycles. The third-order valence-electron chi connectivity index (χ3n) is 2.12. The molecule has 3 heteroatoms. The zero-order valence-corrected chi connectivity index (χ0v) is 9.39. The van der Waals surface area contributed by atoms with Crippen molar-refractivity contribution in [1.29, 1.82) is 0 Å². The first-order chi connectivity index (χ1) is 7.16. The predicted molar refractivity (Wildman–Crippen MR) is 64.1 cm³/mol. The van der Waals surface area contributed by atoms with Crippen LogP contribution < -0.4 is 0 Å². The Bertz CT molecular complexity index is 479. The highest BCUT2D eigenvalue weighted by Gasteiger charge is 2.02. The van der Waals surface area contributed by atoms with Gasteiger partial charge in [-0.25, -0.2) is 4.39 Å². The minimum Gasteiger partial charge on any atom is -0.205 e. The van der Waals surface area contributed by atoms with Gasteiger partial charge in [0.15, 0.2) is 0 Å². The molecule has 0 aliphatic carbocycles. The summed E-state index contributed by atoms with van der Waals surface area (Å²) in [6, 6.07) is 12.3. The lowest BCUT2D eigenvalue weighted by molar-refractivity contribution is 0.629. The van der Waals surface area contributed by atoms with Crippen LogP contribution in [0.3, 0.4) is 0 Å². The summed E-state index contributed by atoms with van der Waals surface area (Å²) >= 11 is 9.79. The lowest BCUT2D eigenvalue weighted by Gasteiger charge is -2.02. The summed E-state index contributed by atoms with van der Waals surface area (Å²) in [6.45, 7) is 0. The van der Waals surface area contributed by atoms with E-state index in [1.807, 2.05) is 24.3 Å². The Labute approximate surface area is 98.1 Å². The first-order valence-corrected chi connectivity index (χ1v) is 5.24. The van der Waals surface area contributed by atoms with Crippen LogP contribution in [0.2, 0.25) is 5.02 Å². The van der Waals surface area contributed by atoms with E-state index in [9.17, 15) is 4.39 Å². The highest BCUT2D eigenvalue weighted by molar-refractivity contribution is 7.80. The fourth-order valence-electron chi connectivity index (χ4n) is 1.33. The summed E-state index contributed by atoms with van der Waals surface area (Å²) in [4.78, 5) is 0.883. The van der Waals surface area contributed by atoms with E-state index >= 15 is 0 Å². The zero-order chi connectivity index (χ0) is 10.8. The quantitative estimate of drug-likeness (QED) is 0.698. The Morgan fingerprint density at radius 2 is 1.53 bits per heavy atom. The highest BCUT2D eigenvalue weighted by atomic mass is 35.5. The summed E-state index contributed by atoms with van der Waals surface area (Å²) in [6.07, 6.45) is 0. The molecule has 0 heterocycles. The van der Waals surface area contributed by atoms with Crippen LogP contribution in [0.15, 0.2) is 47.4 Å². The summed E-state index contributed by atoms with van der Waals surface area (Å²) in [5.74, 6) is -0.399. The SMILES string of the molecule is Fc1cc(-c2ccc(S)cc2)ccc1Cl. The molecule has 0 nitrogen and oxygen atoms in total. The molecule has 0 aromatic heterocycles. The molecule has 2 rings (SSSR count). The second kappa shape index (κ2) is 4.25. The minimum absolute atomic E-state index is 0.143. The third-order valence-corrected chi connectivity index (χ3v) is 2.72. The van der Waals surface area contributed by atoms with Crippen LogP contribution in [-0.4, -0.2) is 0 Å². The van der Waals surface area contributed by atoms with Gasteiger partial charge >= 0.3 is 0 Å². The fourth-order valence-corrected chi connectivity index (χ4v) is 1.60. The van der Waals surface area contributed by atoms with Crippen molar-refractivity contribution in [3.8, 4) is 11.1 Å². The van der Waals surface area contributed by atoms with Gasteiger partial charge in [0.2, 0.25) is 0 Å². The van der Waals surface area contributed by atoms with E-state index in [1.165, 1.54) is 6.07 Å². The van der Waals surface area contributed by atoms with Gasteiger partial charge in [0.25, 0.3) is 0 Å². The Kier molecular flexibility index (Phi) is 2.98. The second-order valence-corrected chi connectivity index (χ2v) is 4.10. The molecular weight excluding hydrogens is 231 g/mol. The Balaban J connectivity index is 2.45. The number of hydrogen-bond acceptors (Lipinski definition) is 1. The molecule has 0 spiro atoms. The Morgan fingerprint density at radius 3 is 2.13 bits per heavy atom. The van der Waals surface area contributed by atoms with Crippen molar-refractivity contribution in [1.82, 2.24) is 0 Å². The third kappa shape index (κ3) is 2.33. The molecule has 0 N–H and O–H groups in total. The minimum atomic E-state index is -0.399. The molecule has 76 valence electrons. The van der Waals surface area contributed by atoms with Gasteiger partial charge in [-0.3, -0.25) is 0 Å². The second-order valence-electron chi connectivity index (χ2n) is 3.18. The maximum absolute atomic E-state index is 13.2. The molecule has 0 bridgehead atoms. The number of rotatable bonds is 1. The number of halogens is 2. The molecule has 2 aromatic carbocycles. The number of benzene rings is 2. The van der Waals surface area contributed by atoms with E-state index in [4.69, 9.17) is 11.6 Å². The Morgan fingerprint density at radius 1 is 0.933 bits per heavy atom. The summed E-state index contributed by atoms with van der Waals surface area (Å²) < 4.78 is 13.2. The van der Waals surface area contributed by atoms with Crippen LogP contribution >= 0.6 is 24.2 Å². The van der Waals surface area contributed by atoms with E-state index in [0.29, 0.717) is 0 Å². The van der Waals surface area contributed by atoms with Crippen LogP contribution in [0.5, 0.6) is 0 Å².